The fourth-order valence-electron chi connectivity index (χ4n) is 2.10. The second kappa shape index (κ2) is 6.40. The summed E-state index contributed by atoms with van der Waals surface area (Å²) < 4.78 is 12.4. The van der Waals surface area contributed by atoms with Crippen LogP contribution in [0.2, 0.25) is 0 Å². The van der Waals surface area contributed by atoms with Gasteiger partial charge in [0.25, 0.3) is 0 Å². The largest absolute Gasteiger partial charge is 0.254 e. The molecule has 0 saturated carbocycles. The molecule has 1 atom stereocenters. The molecule has 21 heavy (non-hydrogen) atoms. The van der Waals surface area contributed by atoms with Crippen LogP contribution in [0.5, 0.6) is 0 Å². The van der Waals surface area contributed by atoms with Crippen molar-refractivity contribution >= 4 is 15.7 Å². The highest BCUT2D eigenvalue weighted by molar-refractivity contribution is 7.93. The van der Waals surface area contributed by atoms with Crippen molar-refractivity contribution in [2.24, 2.45) is 0 Å². The van der Waals surface area contributed by atoms with Crippen LogP contribution in [-0.4, -0.2) is 4.21 Å². The van der Waals surface area contributed by atoms with E-state index in [2.05, 4.69) is 39.5 Å². The van der Waals surface area contributed by atoms with Crippen molar-refractivity contribution < 1.29 is 4.21 Å². The molecule has 2 rings (SSSR count). The van der Waals surface area contributed by atoms with Crippen LogP contribution in [0, 0.1) is 0 Å². The van der Waals surface area contributed by atoms with E-state index < -0.39 is 10.8 Å². The summed E-state index contributed by atoms with van der Waals surface area (Å²) in [6.45, 7) is 10.6. The summed E-state index contributed by atoms with van der Waals surface area (Å²) in [6.07, 6.45) is 0. The summed E-state index contributed by atoms with van der Waals surface area (Å²) in [6, 6.07) is 18.1. The average Bonchev–Trinajstić information content (AvgIpc) is 2.46. The molecule has 2 aromatic rings. The molecule has 0 radical (unpaired) electrons. The van der Waals surface area contributed by atoms with E-state index in [9.17, 15) is 4.21 Å². The first-order valence-electron chi connectivity index (χ1n) is 7.10. The number of benzene rings is 2. The Bertz CT molecular complexity index is 634. The minimum absolute atomic E-state index is 0.128. The van der Waals surface area contributed by atoms with Gasteiger partial charge in [0.2, 0.25) is 0 Å². The Morgan fingerprint density at radius 2 is 1.57 bits per heavy atom. The van der Waals surface area contributed by atoms with E-state index >= 15 is 0 Å². The summed E-state index contributed by atoms with van der Waals surface area (Å²) >= 11 is 0. The van der Waals surface area contributed by atoms with Crippen LogP contribution in [-0.2, 0) is 22.0 Å². The number of hydrogen-bond donors (Lipinski definition) is 0. The van der Waals surface area contributed by atoms with Crippen molar-refractivity contribution in [1.29, 1.82) is 0 Å². The smallest absolute Gasteiger partial charge is 0.0574 e. The van der Waals surface area contributed by atoms with Crippen LogP contribution in [0.1, 0.15) is 37.5 Å². The van der Waals surface area contributed by atoms with E-state index in [0.717, 1.165) is 11.1 Å². The highest BCUT2D eigenvalue weighted by Crippen LogP contribution is 2.25. The van der Waals surface area contributed by atoms with Crippen LogP contribution >= 0.6 is 0 Å². The lowest BCUT2D eigenvalue weighted by molar-refractivity contribution is 0.590. The molecule has 0 spiro atoms. The van der Waals surface area contributed by atoms with Gasteiger partial charge < -0.3 is 0 Å². The van der Waals surface area contributed by atoms with Crippen LogP contribution in [0.25, 0.3) is 4.91 Å². The summed E-state index contributed by atoms with van der Waals surface area (Å²) in [7, 11) is -1.09. The van der Waals surface area contributed by atoms with E-state index in [1.165, 1.54) is 5.56 Å². The normalized spacial score (nSPS) is 12.9. The van der Waals surface area contributed by atoms with Crippen molar-refractivity contribution in [2.45, 2.75) is 31.9 Å². The van der Waals surface area contributed by atoms with Crippen molar-refractivity contribution in [1.82, 2.24) is 0 Å². The van der Waals surface area contributed by atoms with E-state index in [4.69, 9.17) is 0 Å². The SMILES string of the molecule is C=C(c1ccc(C(C)(C)C)cc1)[S@@](=O)Cc1ccccc1. The molecular weight excluding hydrogens is 276 g/mol. The highest BCUT2D eigenvalue weighted by atomic mass is 32.2. The number of rotatable bonds is 4. The van der Waals surface area contributed by atoms with E-state index in [1.54, 1.807) is 0 Å². The van der Waals surface area contributed by atoms with E-state index in [0.29, 0.717) is 10.7 Å². The molecule has 0 saturated heterocycles. The van der Waals surface area contributed by atoms with Gasteiger partial charge in [-0.05, 0) is 22.1 Å². The van der Waals surface area contributed by atoms with Gasteiger partial charge in [-0.1, -0.05) is 81.9 Å². The van der Waals surface area contributed by atoms with Crippen molar-refractivity contribution in [2.75, 3.05) is 0 Å². The van der Waals surface area contributed by atoms with Crippen LogP contribution in [0.4, 0.5) is 0 Å². The molecule has 0 fully saturated rings. The third-order valence-electron chi connectivity index (χ3n) is 3.49. The first-order valence-corrected chi connectivity index (χ1v) is 8.42. The molecule has 2 heteroatoms. The zero-order valence-electron chi connectivity index (χ0n) is 12.9. The Kier molecular flexibility index (Phi) is 4.79. The molecule has 0 N–H and O–H groups in total. The fourth-order valence-corrected chi connectivity index (χ4v) is 3.17. The Hall–Kier alpha value is -1.67. The Labute approximate surface area is 130 Å². The lowest BCUT2D eigenvalue weighted by Crippen LogP contribution is -2.10. The van der Waals surface area contributed by atoms with Crippen LogP contribution in [0.15, 0.2) is 61.2 Å². The summed E-state index contributed by atoms with van der Waals surface area (Å²) in [5, 5.41) is 0. The van der Waals surface area contributed by atoms with Gasteiger partial charge in [0.05, 0.1) is 16.6 Å². The minimum Gasteiger partial charge on any atom is -0.254 e. The molecule has 110 valence electrons. The molecule has 0 heterocycles. The maximum absolute atomic E-state index is 12.4. The molecule has 1 nitrogen and oxygen atoms in total. The molecule has 0 aromatic heterocycles. The Morgan fingerprint density at radius 3 is 2.10 bits per heavy atom. The lowest BCUT2D eigenvalue weighted by Gasteiger charge is -2.19. The standard InChI is InChI=1S/C19H22OS/c1-15(21(20)14-16-8-6-5-7-9-16)17-10-12-18(13-11-17)19(2,3)4/h5-13H,1,14H2,2-4H3/t21-/m0/s1. The van der Waals surface area contributed by atoms with Gasteiger partial charge in [-0.2, -0.15) is 0 Å². The van der Waals surface area contributed by atoms with Crippen LogP contribution < -0.4 is 0 Å². The predicted octanol–water partition coefficient (Wildman–Crippen LogP) is 4.90. The first kappa shape index (κ1) is 15.7. The van der Waals surface area contributed by atoms with Gasteiger partial charge in [0.1, 0.15) is 0 Å². The quantitative estimate of drug-likeness (QED) is 0.784. The van der Waals surface area contributed by atoms with Gasteiger partial charge >= 0.3 is 0 Å². The third kappa shape index (κ3) is 4.15. The molecule has 0 aliphatic heterocycles. The summed E-state index contributed by atoms with van der Waals surface area (Å²) in [5.41, 5.74) is 3.43. The molecule has 0 amide bonds. The molecule has 0 bridgehead atoms. The first-order chi connectivity index (χ1) is 9.88. The van der Waals surface area contributed by atoms with E-state index in [1.807, 2.05) is 42.5 Å². The molecular formula is C19H22OS. The van der Waals surface area contributed by atoms with Gasteiger partial charge in [-0.25, -0.2) is 0 Å². The maximum Gasteiger partial charge on any atom is 0.0574 e. The summed E-state index contributed by atoms with van der Waals surface area (Å²) in [4.78, 5) is 0.694. The fraction of sp³-hybridized carbons (Fsp3) is 0.263. The highest BCUT2D eigenvalue weighted by Gasteiger charge is 2.14. The average molecular weight is 298 g/mol. The Balaban J connectivity index is 2.11. The predicted molar refractivity (Wildman–Crippen MR) is 92.5 cm³/mol. The van der Waals surface area contributed by atoms with Gasteiger partial charge in [0, 0.05) is 4.91 Å². The second-order valence-electron chi connectivity index (χ2n) is 6.23. The minimum atomic E-state index is -1.09. The molecule has 0 unspecified atom stereocenters. The molecule has 0 aliphatic rings. The second-order valence-corrected chi connectivity index (χ2v) is 7.70. The van der Waals surface area contributed by atoms with Crippen molar-refractivity contribution in [3.05, 3.63) is 77.9 Å². The molecule has 2 aromatic carbocycles. The van der Waals surface area contributed by atoms with E-state index in [-0.39, 0.29) is 5.41 Å². The zero-order chi connectivity index (χ0) is 15.5. The summed E-state index contributed by atoms with van der Waals surface area (Å²) in [5.74, 6) is 0.515. The van der Waals surface area contributed by atoms with Crippen molar-refractivity contribution in [3.8, 4) is 0 Å². The topological polar surface area (TPSA) is 17.1 Å². The monoisotopic (exact) mass is 298 g/mol. The lowest BCUT2D eigenvalue weighted by atomic mass is 9.87. The number of hydrogen-bond acceptors (Lipinski definition) is 1. The third-order valence-corrected chi connectivity index (χ3v) is 4.87. The Morgan fingerprint density at radius 1 is 1.00 bits per heavy atom. The van der Waals surface area contributed by atoms with Crippen LogP contribution in [0.3, 0.4) is 0 Å². The molecule has 0 aliphatic carbocycles. The zero-order valence-corrected chi connectivity index (χ0v) is 13.7. The maximum atomic E-state index is 12.4. The van der Waals surface area contributed by atoms with Gasteiger partial charge in [0.15, 0.2) is 0 Å². The van der Waals surface area contributed by atoms with Crippen molar-refractivity contribution in [3.63, 3.8) is 0 Å². The van der Waals surface area contributed by atoms with Gasteiger partial charge in [-0.15, -0.1) is 0 Å². The van der Waals surface area contributed by atoms with Gasteiger partial charge in [-0.3, -0.25) is 4.21 Å².